The summed E-state index contributed by atoms with van der Waals surface area (Å²) in [4.78, 5) is 15.6. The highest BCUT2D eigenvalue weighted by Crippen LogP contribution is 2.42. The largest absolute Gasteiger partial charge is 0.489 e. The standard InChI is InChI=1S/C22H28Cl2N4O2/c1-4-11-30-18-6-5-17(23)21(24)20(18)15-12-19-25-28(22(29)27(19)13-15)16-7-9-26(10-8-16)14(2)3/h4-6,14-16H,1,7-13H2,2-3H3. The first-order valence-electron chi connectivity index (χ1n) is 10.5. The van der Waals surface area contributed by atoms with Gasteiger partial charge in [-0.2, -0.15) is 5.10 Å². The van der Waals surface area contributed by atoms with Crippen LogP contribution in [-0.4, -0.2) is 45.0 Å². The Bertz CT molecular complexity index is 990. The van der Waals surface area contributed by atoms with Gasteiger partial charge in [-0.15, -0.1) is 0 Å². The molecule has 4 rings (SSSR count). The van der Waals surface area contributed by atoms with E-state index in [1.54, 1.807) is 21.4 Å². The third-order valence-corrected chi connectivity index (χ3v) is 7.05. The predicted octanol–water partition coefficient (Wildman–Crippen LogP) is 4.30. The van der Waals surface area contributed by atoms with Gasteiger partial charge in [0.25, 0.3) is 0 Å². The van der Waals surface area contributed by atoms with Crippen LogP contribution in [0.1, 0.15) is 50.0 Å². The monoisotopic (exact) mass is 450 g/mol. The highest BCUT2D eigenvalue weighted by Gasteiger charge is 2.34. The maximum atomic E-state index is 13.1. The van der Waals surface area contributed by atoms with Gasteiger partial charge in [0.15, 0.2) is 0 Å². The first kappa shape index (κ1) is 21.5. The zero-order chi connectivity index (χ0) is 21.4. The number of likely N-dealkylation sites (tertiary alicyclic amines) is 1. The number of piperidine rings is 1. The summed E-state index contributed by atoms with van der Waals surface area (Å²) in [5.74, 6) is 1.49. The normalized spacial score (nSPS) is 20.0. The average Bonchev–Trinajstić information content (AvgIpc) is 3.28. The van der Waals surface area contributed by atoms with Crippen molar-refractivity contribution in [3.8, 4) is 5.75 Å². The van der Waals surface area contributed by atoms with Gasteiger partial charge in [-0.05, 0) is 38.8 Å². The highest BCUT2D eigenvalue weighted by atomic mass is 35.5. The lowest BCUT2D eigenvalue weighted by atomic mass is 9.96. The number of fused-ring (bicyclic) bond motifs is 1. The van der Waals surface area contributed by atoms with Crippen molar-refractivity contribution in [2.45, 2.75) is 57.7 Å². The van der Waals surface area contributed by atoms with E-state index in [0.717, 1.165) is 37.3 Å². The first-order valence-corrected chi connectivity index (χ1v) is 11.3. The molecule has 0 radical (unpaired) electrons. The molecule has 0 spiro atoms. The summed E-state index contributed by atoms with van der Waals surface area (Å²) in [5.41, 5.74) is 0.815. The molecule has 1 atom stereocenters. The molecule has 1 aromatic carbocycles. The van der Waals surface area contributed by atoms with E-state index in [9.17, 15) is 4.79 Å². The lowest BCUT2D eigenvalue weighted by molar-refractivity contribution is 0.145. The van der Waals surface area contributed by atoms with E-state index in [0.29, 0.717) is 41.4 Å². The van der Waals surface area contributed by atoms with Gasteiger partial charge in [-0.3, -0.25) is 4.57 Å². The second-order valence-electron chi connectivity index (χ2n) is 8.39. The lowest BCUT2D eigenvalue weighted by Crippen LogP contribution is -2.41. The van der Waals surface area contributed by atoms with Gasteiger partial charge < -0.3 is 9.64 Å². The molecule has 0 saturated carbocycles. The van der Waals surface area contributed by atoms with Crippen LogP contribution in [0.4, 0.5) is 0 Å². The molecule has 2 aliphatic rings. The van der Waals surface area contributed by atoms with E-state index in [-0.39, 0.29) is 17.6 Å². The molecule has 2 aromatic rings. The number of hydrogen-bond acceptors (Lipinski definition) is 4. The quantitative estimate of drug-likeness (QED) is 0.615. The molecule has 2 aliphatic heterocycles. The van der Waals surface area contributed by atoms with Crippen LogP contribution in [0.25, 0.3) is 0 Å². The average molecular weight is 451 g/mol. The topological polar surface area (TPSA) is 52.3 Å². The molecule has 6 nitrogen and oxygen atoms in total. The fourth-order valence-corrected chi connectivity index (χ4v) is 5.05. The summed E-state index contributed by atoms with van der Waals surface area (Å²) in [7, 11) is 0. The molecule has 3 heterocycles. The second kappa shape index (κ2) is 8.77. The Balaban J connectivity index is 1.55. The Labute approximate surface area is 187 Å². The van der Waals surface area contributed by atoms with Gasteiger partial charge in [0.05, 0.1) is 16.1 Å². The van der Waals surface area contributed by atoms with Gasteiger partial charge in [0.2, 0.25) is 0 Å². The number of benzene rings is 1. The van der Waals surface area contributed by atoms with E-state index >= 15 is 0 Å². The van der Waals surface area contributed by atoms with Crippen LogP contribution in [0, 0.1) is 0 Å². The first-order chi connectivity index (χ1) is 14.4. The fraction of sp³-hybridized carbons (Fsp3) is 0.545. The van der Waals surface area contributed by atoms with Crippen LogP contribution in [0.3, 0.4) is 0 Å². The Kier molecular flexibility index (Phi) is 6.28. The second-order valence-corrected chi connectivity index (χ2v) is 9.17. The summed E-state index contributed by atoms with van der Waals surface area (Å²) < 4.78 is 9.30. The van der Waals surface area contributed by atoms with Crippen molar-refractivity contribution in [2.75, 3.05) is 19.7 Å². The summed E-state index contributed by atoms with van der Waals surface area (Å²) in [5, 5.41) is 5.68. The number of ether oxygens (including phenoxy) is 1. The van der Waals surface area contributed by atoms with Crippen molar-refractivity contribution in [2.24, 2.45) is 0 Å². The third kappa shape index (κ3) is 3.93. The van der Waals surface area contributed by atoms with Crippen LogP contribution >= 0.6 is 23.2 Å². The van der Waals surface area contributed by atoms with Gasteiger partial charge in [0, 0.05) is 43.6 Å². The van der Waals surface area contributed by atoms with E-state index in [2.05, 4.69) is 25.3 Å². The van der Waals surface area contributed by atoms with E-state index in [1.165, 1.54) is 0 Å². The van der Waals surface area contributed by atoms with Gasteiger partial charge >= 0.3 is 5.69 Å². The summed E-state index contributed by atoms with van der Waals surface area (Å²) in [6.07, 6.45) is 4.24. The molecular formula is C22H28Cl2N4O2. The molecule has 162 valence electrons. The van der Waals surface area contributed by atoms with Crippen LogP contribution in [-0.2, 0) is 13.0 Å². The number of hydrogen-bond donors (Lipinski definition) is 0. The van der Waals surface area contributed by atoms with Crippen molar-refractivity contribution in [1.82, 2.24) is 19.2 Å². The Hall–Kier alpha value is -1.76. The van der Waals surface area contributed by atoms with E-state index < -0.39 is 0 Å². The van der Waals surface area contributed by atoms with Crippen molar-refractivity contribution in [3.05, 3.63) is 56.7 Å². The molecule has 0 amide bonds. The third-order valence-electron chi connectivity index (χ3n) is 6.23. The number of rotatable bonds is 6. The Morgan fingerprint density at radius 3 is 2.67 bits per heavy atom. The molecule has 0 N–H and O–H groups in total. The molecule has 8 heteroatoms. The maximum absolute atomic E-state index is 13.1. The van der Waals surface area contributed by atoms with Crippen LogP contribution < -0.4 is 10.4 Å². The van der Waals surface area contributed by atoms with Gasteiger partial charge in [-0.1, -0.05) is 35.9 Å². The zero-order valence-corrected chi connectivity index (χ0v) is 19.0. The summed E-state index contributed by atoms with van der Waals surface area (Å²) in [6, 6.07) is 4.27. The zero-order valence-electron chi connectivity index (χ0n) is 17.5. The van der Waals surface area contributed by atoms with Crippen molar-refractivity contribution in [3.63, 3.8) is 0 Å². The van der Waals surface area contributed by atoms with E-state index in [4.69, 9.17) is 33.0 Å². The van der Waals surface area contributed by atoms with Crippen LogP contribution in [0.2, 0.25) is 10.0 Å². The maximum Gasteiger partial charge on any atom is 0.346 e. The smallest absolute Gasteiger partial charge is 0.346 e. The molecule has 30 heavy (non-hydrogen) atoms. The van der Waals surface area contributed by atoms with Crippen molar-refractivity contribution in [1.29, 1.82) is 0 Å². The molecule has 0 bridgehead atoms. The predicted molar refractivity (Wildman–Crippen MR) is 120 cm³/mol. The van der Waals surface area contributed by atoms with Crippen molar-refractivity contribution >= 4 is 23.2 Å². The highest BCUT2D eigenvalue weighted by molar-refractivity contribution is 6.42. The number of halogens is 2. The van der Waals surface area contributed by atoms with Crippen LogP contribution in [0.15, 0.2) is 29.6 Å². The summed E-state index contributed by atoms with van der Waals surface area (Å²) >= 11 is 12.8. The number of nitrogens with zero attached hydrogens (tertiary/aromatic N) is 4. The van der Waals surface area contributed by atoms with Gasteiger partial charge in [0.1, 0.15) is 18.2 Å². The lowest BCUT2D eigenvalue weighted by Gasteiger charge is -2.34. The minimum absolute atomic E-state index is 0.00338. The minimum atomic E-state index is -0.0257. The Morgan fingerprint density at radius 2 is 2.03 bits per heavy atom. The Morgan fingerprint density at radius 1 is 1.30 bits per heavy atom. The molecule has 1 saturated heterocycles. The molecular weight excluding hydrogens is 423 g/mol. The van der Waals surface area contributed by atoms with E-state index in [1.807, 2.05) is 6.07 Å². The molecule has 1 aromatic heterocycles. The number of aromatic nitrogens is 3. The fourth-order valence-electron chi connectivity index (χ4n) is 4.58. The van der Waals surface area contributed by atoms with Crippen molar-refractivity contribution < 1.29 is 4.74 Å². The summed E-state index contributed by atoms with van der Waals surface area (Å²) in [6.45, 7) is 11.0. The molecule has 1 fully saturated rings. The minimum Gasteiger partial charge on any atom is -0.489 e. The van der Waals surface area contributed by atoms with Crippen LogP contribution in [0.5, 0.6) is 5.75 Å². The van der Waals surface area contributed by atoms with Gasteiger partial charge in [-0.25, -0.2) is 9.48 Å². The SMILES string of the molecule is C=CCOc1ccc(Cl)c(Cl)c1C1Cc2nn(C3CCN(C(C)C)CC3)c(=O)n2C1. The molecule has 0 aliphatic carbocycles. The molecule has 1 unspecified atom stereocenters.